The van der Waals surface area contributed by atoms with E-state index in [1.54, 1.807) is 30.7 Å². The number of benzene rings is 1. The number of anilines is 1. The third kappa shape index (κ3) is 5.54. The lowest BCUT2D eigenvalue weighted by molar-refractivity contribution is -0.384. The van der Waals surface area contributed by atoms with Gasteiger partial charge in [0.2, 0.25) is 5.95 Å². The van der Waals surface area contributed by atoms with Gasteiger partial charge in [-0.1, -0.05) is 39.0 Å². The summed E-state index contributed by atoms with van der Waals surface area (Å²) in [6.45, 7) is 4.49. The molecule has 0 unspecified atom stereocenters. The van der Waals surface area contributed by atoms with Crippen molar-refractivity contribution in [2.45, 2.75) is 58.9 Å². The van der Waals surface area contributed by atoms with E-state index in [1.807, 2.05) is 0 Å². The number of nitro groups is 1. The molecule has 2 aromatic heterocycles. The molecule has 3 rings (SSSR count). The van der Waals surface area contributed by atoms with Gasteiger partial charge in [0.15, 0.2) is 11.2 Å². The van der Waals surface area contributed by atoms with Gasteiger partial charge in [0.1, 0.15) is 0 Å². The molecule has 2 N–H and O–H groups in total. The Bertz CT molecular complexity index is 1270. The molecule has 0 bridgehead atoms. The monoisotopic (exact) mass is 455 g/mol. The summed E-state index contributed by atoms with van der Waals surface area (Å²) >= 11 is 0. The molecule has 0 atom stereocenters. The van der Waals surface area contributed by atoms with E-state index in [0.29, 0.717) is 29.3 Å². The quantitative estimate of drug-likeness (QED) is 0.196. The van der Waals surface area contributed by atoms with Crippen LogP contribution in [0.25, 0.3) is 11.2 Å². The zero-order chi connectivity index (χ0) is 24.0. The highest BCUT2D eigenvalue weighted by Crippen LogP contribution is 2.18. The fraction of sp³-hybridized carbons (Fsp3) is 0.455. The van der Waals surface area contributed by atoms with Gasteiger partial charge in [0.05, 0.1) is 10.6 Å². The molecule has 176 valence electrons. The van der Waals surface area contributed by atoms with E-state index >= 15 is 0 Å². The first kappa shape index (κ1) is 23.9. The second-order valence-corrected chi connectivity index (χ2v) is 7.96. The summed E-state index contributed by atoms with van der Waals surface area (Å²) in [5.41, 5.74) is 3.78. The van der Waals surface area contributed by atoms with Gasteiger partial charge in [0, 0.05) is 25.7 Å². The van der Waals surface area contributed by atoms with Gasteiger partial charge in [-0.3, -0.25) is 24.5 Å². The van der Waals surface area contributed by atoms with Gasteiger partial charge in [-0.2, -0.15) is 10.1 Å². The van der Waals surface area contributed by atoms with Crippen LogP contribution in [-0.4, -0.2) is 29.7 Å². The van der Waals surface area contributed by atoms with Crippen LogP contribution in [0.15, 0.2) is 39.0 Å². The minimum atomic E-state index is -0.533. The van der Waals surface area contributed by atoms with Crippen LogP contribution >= 0.6 is 0 Å². The number of hydrogen-bond acceptors (Lipinski definition) is 7. The molecule has 11 heteroatoms. The van der Waals surface area contributed by atoms with E-state index in [2.05, 4.69) is 27.4 Å². The van der Waals surface area contributed by atoms with Crippen molar-refractivity contribution >= 4 is 28.5 Å². The Morgan fingerprint density at radius 1 is 1.15 bits per heavy atom. The second kappa shape index (κ2) is 10.7. The van der Waals surface area contributed by atoms with E-state index in [-0.39, 0.29) is 11.3 Å². The summed E-state index contributed by atoms with van der Waals surface area (Å²) in [6.07, 6.45) is 6.57. The molecule has 2 heterocycles. The Morgan fingerprint density at radius 2 is 1.82 bits per heavy atom. The average Bonchev–Trinajstić information content (AvgIpc) is 3.17. The number of imidazole rings is 1. The molecule has 1 aromatic carbocycles. The van der Waals surface area contributed by atoms with Crippen molar-refractivity contribution in [2.75, 3.05) is 5.43 Å². The number of rotatable bonds is 11. The first-order valence-electron chi connectivity index (χ1n) is 11.1. The normalized spacial score (nSPS) is 11.8. The summed E-state index contributed by atoms with van der Waals surface area (Å²) < 4.78 is 3.05. The third-order valence-corrected chi connectivity index (χ3v) is 5.56. The number of aromatic amines is 1. The van der Waals surface area contributed by atoms with Crippen LogP contribution in [0.3, 0.4) is 0 Å². The Hall–Kier alpha value is -3.76. The van der Waals surface area contributed by atoms with Crippen molar-refractivity contribution in [3.05, 3.63) is 60.8 Å². The SMILES string of the molecule is CCCCCCCCn1c(NN=C(C)c2ccc([N+](=O)[O-])cc2)nc2c1c(=O)[nH]c(=O)n2C. The number of non-ortho nitro benzene ring substituents is 1. The predicted octanol–water partition coefficient (Wildman–Crippen LogP) is 3.53. The summed E-state index contributed by atoms with van der Waals surface area (Å²) in [5, 5.41) is 15.2. The van der Waals surface area contributed by atoms with Crippen LogP contribution in [-0.2, 0) is 13.6 Å². The highest BCUT2D eigenvalue weighted by Gasteiger charge is 2.17. The molecule has 11 nitrogen and oxygen atoms in total. The van der Waals surface area contributed by atoms with Crippen molar-refractivity contribution in [1.29, 1.82) is 0 Å². The van der Waals surface area contributed by atoms with Crippen LogP contribution in [0.5, 0.6) is 0 Å². The number of H-pyrrole nitrogens is 1. The van der Waals surface area contributed by atoms with Crippen molar-refractivity contribution in [3.8, 4) is 0 Å². The molecule has 3 aromatic rings. The number of nitro benzene ring substituents is 1. The summed E-state index contributed by atoms with van der Waals surface area (Å²) in [7, 11) is 1.55. The number of hydrazone groups is 1. The number of fused-ring (bicyclic) bond motifs is 1. The Morgan fingerprint density at radius 3 is 2.48 bits per heavy atom. The lowest BCUT2D eigenvalue weighted by Gasteiger charge is -2.09. The van der Waals surface area contributed by atoms with Gasteiger partial charge in [0.25, 0.3) is 11.2 Å². The van der Waals surface area contributed by atoms with Crippen molar-refractivity contribution in [1.82, 2.24) is 19.1 Å². The van der Waals surface area contributed by atoms with Crippen LogP contribution in [0, 0.1) is 10.1 Å². The molecule has 0 spiro atoms. The van der Waals surface area contributed by atoms with Crippen molar-refractivity contribution in [3.63, 3.8) is 0 Å². The van der Waals surface area contributed by atoms with Crippen LogP contribution in [0.2, 0.25) is 0 Å². The predicted molar refractivity (Wildman–Crippen MR) is 128 cm³/mol. The van der Waals surface area contributed by atoms with Crippen molar-refractivity contribution in [2.24, 2.45) is 12.1 Å². The topological polar surface area (TPSA) is 140 Å². The molecule has 0 aliphatic rings. The molecule has 0 aliphatic heterocycles. The smallest absolute Gasteiger partial charge is 0.303 e. The summed E-state index contributed by atoms with van der Waals surface area (Å²) in [5.74, 6) is 0.353. The highest BCUT2D eigenvalue weighted by atomic mass is 16.6. The molecule has 0 aliphatic carbocycles. The number of nitrogens with zero attached hydrogens (tertiary/aromatic N) is 5. The van der Waals surface area contributed by atoms with Crippen LogP contribution in [0.4, 0.5) is 11.6 Å². The lowest BCUT2D eigenvalue weighted by Crippen LogP contribution is -2.29. The maximum atomic E-state index is 12.6. The fourth-order valence-corrected chi connectivity index (χ4v) is 3.61. The Labute approximate surface area is 190 Å². The van der Waals surface area contributed by atoms with Gasteiger partial charge in [-0.25, -0.2) is 10.2 Å². The number of unbranched alkanes of at least 4 members (excludes halogenated alkanes) is 5. The molecule has 0 radical (unpaired) electrons. The van der Waals surface area contributed by atoms with Crippen molar-refractivity contribution < 1.29 is 4.92 Å². The highest BCUT2D eigenvalue weighted by molar-refractivity contribution is 5.99. The standard InChI is InChI=1S/C22H29N7O4/c1-4-5-6-7-8-9-14-28-18-19(27(3)22(31)24-20(18)30)23-21(28)26-25-15(2)16-10-12-17(13-11-16)29(32)33/h10-13H,4-9,14H2,1-3H3,(H,23,26)(H,24,30,31). The van der Waals surface area contributed by atoms with Gasteiger partial charge in [-0.15, -0.1) is 0 Å². The molecular weight excluding hydrogens is 426 g/mol. The van der Waals surface area contributed by atoms with E-state index in [9.17, 15) is 19.7 Å². The molecule has 0 fully saturated rings. The molecule has 0 amide bonds. The summed E-state index contributed by atoms with van der Waals surface area (Å²) in [4.78, 5) is 41.8. The first-order valence-corrected chi connectivity index (χ1v) is 11.1. The number of nitrogens with one attached hydrogen (secondary N) is 2. The van der Waals surface area contributed by atoms with Gasteiger partial charge in [-0.05, 0) is 31.0 Å². The molecule has 0 saturated heterocycles. The zero-order valence-corrected chi connectivity index (χ0v) is 19.1. The summed E-state index contributed by atoms with van der Waals surface area (Å²) in [6, 6.07) is 6.06. The maximum absolute atomic E-state index is 12.6. The van der Waals surface area contributed by atoms with E-state index in [4.69, 9.17) is 0 Å². The number of aromatic nitrogens is 4. The Balaban J connectivity index is 1.88. The first-order chi connectivity index (χ1) is 15.8. The van der Waals surface area contributed by atoms with Crippen LogP contribution in [0.1, 0.15) is 57.9 Å². The average molecular weight is 456 g/mol. The number of aryl methyl sites for hydroxylation is 2. The minimum Gasteiger partial charge on any atom is -0.303 e. The second-order valence-electron chi connectivity index (χ2n) is 7.96. The van der Waals surface area contributed by atoms with Crippen LogP contribution < -0.4 is 16.7 Å². The number of hydrogen-bond donors (Lipinski definition) is 2. The minimum absolute atomic E-state index is 0.000353. The van der Waals surface area contributed by atoms with Gasteiger partial charge < -0.3 is 4.57 Å². The maximum Gasteiger partial charge on any atom is 0.329 e. The van der Waals surface area contributed by atoms with Gasteiger partial charge >= 0.3 is 5.69 Å². The molecular formula is C22H29N7O4. The molecule has 0 saturated carbocycles. The van der Waals surface area contributed by atoms with E-state index in [0.717, 1.165) is 19.3 Å². The lowest BCUT2D eigenvalue weighted by atomic mass is 10.1. The Kier molecular flexibility index (Phi) is 7.75. The third-order valence-electron chi connectivity index (χ3n) is 5.56. The largest absolute Gasteiger partial charge is 0.329 e. The zero-order valence-electron chi connectivity index (χ0n) is 19.1. The molecule has 33 heavy (non-hydrogen) atoms. The fourth-order valence-electron chi connectivity index (χ4n) is 3.61. The van der Waals surface area contributed by atoms with E-state index in [1.165, 1.54) is 36.0 Å². The van der Waals surface area contributed by atoms with E-state index < -0.39 is 16.2 Å².